The van der Waals surface area contributed by atoms with E-state index in [1.807, 2.05) is 6.92 Å². The molecule has 1 aromatic carbocycles. The van der Waals surface area contributed by atoms with E-state index >= 15 is 0 Å². The lowest BCUT2D eigenvalue weighted by molar-refractivity contribution is 0.0950. The smallest absolute Gasteiger partial charge is 0.251 e. The third-order valence-corrected chi connectivity index (χ3v) is 3.21. The monoisotopic (exact) mass is 320 g/mol. The van der Waals surface area contributed by atoms with Crippen molar-refractivity contribution in [1.82, 2.24) is 10.3 Å². The summed E-state index contributed by atoms with van der Waals surface area (Å²) >= 11 is 5.97. The number of benzene rings is 1. The molecule has 0 bridgehead atoms. The Hall–Kier alpha value is -2.27. The number of nitrogens with zero attached hydrogens (tertiary/aromatic N) is 1. The minimum Gasteiger partial charge on any atom is -0.496 e. The highest BCUT2D eigenvalue weighted by molar-refractivity contribution is 6.30. The molecule has 0 saturated carbocycles. The molecule has 2 aromatic rings. The Balaban J connectivity index is 2.07. The molecule has 2 rings (SSSR count). The van der Waals surface area contributed by atoms with Crippen LogP contribution in [0.1, 0.15) is 22.8 Å². The van der Waals surface area contributed by atoms with Crippen LogP contribution in [0.15, 0.2) is 36.5 Å². The van der Waals surface area contributed by atoms with Crippen LogP contribution in [0.5, 0.6) is 11.6 Å². The van der Waals surface area contributed by atoms with Crippen LogP contribution in [-0.4, -0.2) is 24.6 Å². The highest BCUT2D eigenvalue weighted by atomic mass is 35.5. The molecule has 116 valence electrons. The Kier molecular flexibility index (Phi) is 5.61. The number of halogens is 1. The van der Waals surface area contributed by atoms with Gasteiger partial charge in [0.25, 0.3) is 5.91 Å². The highest BCUT2D eigenvalue weighted by Crippen LogP contribution is 2.22. The van der Waals surface area contributed by atoms with E-state index in [2.05, 4.69) is 10.3 Å². The number of hydrogen-bond acceptors (Lipinski definition) is 4. The molecular formula is C16H17ClN2O3. The molecule has 1 N–H and O–H groups in total. The van der Waals surface area contributed by atoms with Gasteiger partial charge < -0.3 is 14.8 Å². The first-order chi connectivity index (χ1) is 10.6. The van der Waals surface area contributed by atoms with Crippen molar-refractivity contribution in [2.24, 2.45) is 0 Å². The summed E-state index contributed by atoms with van der Waals surface area (Å²) in [6.45, 7) is 2.67. The molecule has 5 nitrogen and oxygen atoms in total. The van der Waals surface area contributed by atoms with Crippen LogP contribution in [0.3, 0.4) is 0 Å². The van der Waals surface area contributed by atoms with E-state index in [1.165, 1.54) is 0 Å². The van der Waals surface area contributed by atoms with Crippen molar-refractivity contribution in [3.8, 4) is 11.6 Å². The topological polar surface area (TPSA) is 60.5 Å². The highest BCUT2D eigenvalue weighted by Gasteiger charge is 2.09. The average molecular weight is 321 g/mol. The van der Waals surface area contributed by atoms with Crippen LogP contribution in [0, 0.1) is 0 Å². The van der Waals surface area contributed by atoms with Gasteiger partial charge in [0.1, 0.15) is 5.75 Å². The normalized spacial score (nSPS) is 10.1. The molecule has 0 saturated heterocycles. The first-order valence-electron chi connectivity index (χ1n) is 6.83. The average Bonchev–Trinajstić information content (AvgIpc) is 2.53. The van der Waals surface area contributed by atoms with Gasteiger partial charge in [-0.2, -0.15) is 0 Å². The zero-order chi connectivity index (χ0) is 15.9. The maximum absolute atomic E-state index is 12.2. The summed E-state index contributed by atoms with van der Waals surface area (Å²) in [4.78, 5) is 16.2. The van der Waals surface area contributed by atoms with Crippen molar-refractivity contribution >= 4 is 17.5 Å². The van der Waals surface area contributed by atoms with Gasteiger partial charge >= 0.3 is 0 Å². The van der Waals surface area contributed by atoms with Crippen molar-refractivity contribution in [2.45, 2.75) is 13.5 Å². The van der Waals surface area contributed by atoms with Gasteiger partial charge in [0.15, 0.2) is 0 Å². The zero-order valence-corrected chi connectivity index (χ0v) is 13.2. The predicted molar refractivity (Wildman–Crippen MR) is 84.6 cm³/mol. The molecular weight excluding hydrogens is 304 g/mol. The second-order valence-electron chi connectivity index (χ2n) is 4.45. The van der Waals surface area contributed by atoms with Crippen molar-refractivity contribution in [2.75, 3.05) is 13.7 Å². The minimum absolute atomic E-state index is 0.217. The van der Waals surface area contributed by atoms with E-state index in [9.17, 15) is 4.79 Å². The van der Waals surface area contributed by atoms with Gasteiger partial charge in [-0.3, -0.25) is 4.79 Å². The molecule has 0 fully saturated rings. The van der Waals surface area contributed by atoms with Gasteiger partial charge in [0, 0.05) is 35.0 Å². The Bertz CT molecular complexity index is 662. The van der Waals surface area contributed by atoms with Crippen LogP contribution < -0.4 is 14.8 Å². The van der Waals surface area contributed by atoms with Crippen LogP contribution >= 0.6 is 11.6 Å². The number of ether oxygens (including phenoxy) is 2. The minimum atomic E-state index is -0.217. The first-order valence-corrected chi connectivity index (χ1v) is 7.21. The van der Waals surface area contributed by atoms with Gasteiger partial charge in [-0.1, -0.05) is 11.6 Å². The summed E-state index contributed by atoms with van der Waals surface area (Å²) in [7, 11) is 1.58. The van der Waals surface area contributed by atoms with E-state index < -0.39 is 0 Å². The maximum atomic E-state index is 12.2. The summed E-state index contributed by atoms with van der Waals surface area (Å²) in [5.74, 6) is 0.885. The number of nitrogens with one attached hydrogen (secondary N) is 1. The number of amides is 1. The van der Waals surface area contributed by atoms with E-state index in [0.717, 1.165) is 5.56 Å². The fraction of sp³-hybridized carbons (Fsp3) is 0.250. The van der Waals surface area contributed by atoms with E-state index in [1.54, 1.807) is 43.6 Å². The van der Waals surface area contributed by atoms with Gasteiger partial charge in [-0.25, -0.2) is 4.98 Å². The van der Waals surface area contributed by atoms with Crippen LogP contribution in [0.4, 0.5) is 0 Å². The predicted octanol–water partition coefficient (Wildman–Crippen LogP) is 3.07. The molecule has 1 heterocycles. The Morgan fingerprint density at radius 3 is 2.86 bits per heavy atom. The lowest BCUT2D eigenvalue weighted by Crippen LogP contribution is -2.23. The number of carbonyl (C=O) groups is 1. The molecule has 6 heteroatoms. The van der Waals surface area contributed by atoms with Gasteiger partial charge in [-0.15, -0.1) is 0 Å². The van der Waals surface area contributed by atoms with Crippen LogP contribution in [0.25, 0.3) is 0 Å². The van der Waals surface area contributed by atoms with Crippen molar-refractivity contribution < 1.29 is 14.3 Å². The first kappa shape index (κ1) is 16.1. The second-order valence-corrected chi connectivity index (χ2v) is 4.89. The second kappa shape index (κ2) is 7.66. The van der Waals surface area contributed by atoms with E-state index in [4.69, 9.17) is 21.1 Å². The van der Waals surface area contributed by atoms with Crippen molar-refractivity contribution in [1.29, 1.82) is 0 Å². The number of methoxy groups -OCH3 is 1. The number of pyridine rings is 1. The quantitative estimate of drug-likeness (QED) is 0.888. The molecule has 22 heavy (non-hydrogen) atoms. The lowest BCUT2D eigenvalue weighted by atomic mass is 10.2. The number of rotatable bonds is 6. The van der Waals surface area contributed by atoms with Crippen molar-refractivity contribution in [3.05, 3.63) is 52.7 Å². The van der Waals surface area contributed by atoms with E-state index in [-0.39, 0.29) is 5.91 Å². The number of hydrogen-bond donors (Lipinski definition) is 1. The number of aromatic nitrogens is 1. The molecule has 1 amide bonds. The molecule has 0 aliphatic carbocycles. The Morgan fingerprint density at radius 1 is 1.32 bits per heavy atom. The number of carbonyl (C=O) groups excluding carboxylic acids is 1. The summed E-state index contributed by atoms with van der Waals surface area (Å²) in [5, 5.41) is 3.42. The summed E-state index contributed by atoms with van der Waals surface area (Å²) < 4.78 is 10.5. The standard InChI is InChI=1S/C16H17ClN2O3/c1-3-22-15-9-11(6-7-18-15)16(20)19-10-12-8-13(17)4-5-14(12)21-2/h4-9H,3,10H2,1-2H3,(H,19,20). The molecule has 0 aliphatic rings. The van der Waals surface area contributed by atoms with Crippen LogP contribution in [-0.2, 0) is 6.54 Å². The molecule has 0 unspecified atom stereocenters. The van der Waals surface area contributed by atoms with Gasteiger partial charge in [-0.05, 0) is 31.2 Å². The zero-order valence-electron chi connectivity index (χ0n) is 12.4. The molecule has 0 radical (unpaired) electrons. The largest absolute Gasteiger partial charge is 0.496 e. The SMILES string of the molecule is CCOc1cc(C(=O)NCc2cc(Cl)ccc2OC)ccn1. The van der Waals surface area contributed by atoms with Crippen molar-refractivity contribution in [3.63, 3.8) is 0 Å². The molecule has 0 spiro atoms. The Morgan fingerprint density at radius 2 is 2.14 bits per heavy atom. The fourth-order valence-electron chi connectivity index (χ4n) is 1.94. The Labute approximate surface area is 134 Å². The van der Waals surface area contributed by atoms with Gasteiger partial charge in [0.05, 0.1) is 13.7 Å². The molecule has 0 atom stereocenters. The molecule has 1 aromatic heterocycles. The maximum Gasteiger partial charge on any atom is 0.251 e. The van der Waals surface area contributed by atoms with Gasteiger partial charge in [0.2, 0.25) is 5.88 Å². The third-order valence-electron chi connectivity index (χ3n) is 2.97. The van der Waals surface area contributed by atoms with E-state index in [0.29, 0.717) is 35.4 Å². The van der Waals surface area contributed by atoms with Crippen LogP contribution in [0.2, 0.25) is 5.02 Å². The molecule has 0 aliphatic heterocycles. The third kappa shape index (κ3) is 4.11. The fourth-order valence-corrected chi connectivity index (χ4v) is 2.14. The lowest BCUT2D eigenvalue weighted by Gasteiger charge is -2.10. The summed E-state index contributed by atoms with van der Waals surface area (Å²) in [6, 6.07) is 8.51. The summed E-state index contributed by atoms with van der Waals surface area (Å²) in [6.07, 6.45) is 1.54. The summed E-state index contributed by atoms with van der Waals surface area (Å²) in [5.41, 5.74) is 1.29.